The zero-order valence-corrected chi connectivity index (χ0v) is 51.6. The van der Waals surface area contributed by atoms with Gasteiger partial charge in [0.05, 0.1) is 16.6 Å². The van der Waals surface area contributed by atoms with Crippen molar-refractivity contribution in [1.29, 1.82) is 0 Å². The van der Waals surface area contributed by atoms with E-state index in [0.717, 1.165) is 34.0 Å². The minimum atomic E-state index is -0.200. The van der Waals surface area contributed by atoms with Gasteiger partial charge in [0.2, 0.25) is 0 Å². The highest BCUT2D eigenvalue weighted by Crippen LogP contribution is 2.50. The number of aromatic nitrogens is 1. The Kier molecular flexibility index (Phi) is 12.2. The second-order valence-electron chi connectivity index (χ2n) is 26.9. The molecule has 90 heavy (non-hydrogen) atoms. The molecule has 2 aliphatic rings. The molecule has 428 valence electrons. The van der Waals surface area contributed by atoms with Crippen molar-refractivity contribution in [3.63, 3.8) is 0 Å². The Morgan fingerprint density at radius 1 is 0.256 bits per heavy atom. The van der Waals surface area contributed by atoms with E-state index >= 15 is 0 Å². The number of fused-ring (bicyclic) bond motifs is 14. The van der Waals surface area contributed by atoms with Crippen molar-refractivity contribution in [2.24, 2.45) is 0 Å². The molecule has 0 bridgehead atoms. The summed E-state index contributed by atoms with van der Waals surface area (Å²) in [6, 6.07) is 110. The lowest BCUT2D eigenvalue weighted by Crippen LogP contribution is -2.61. The molecule has 0 fully saturated rings. The van der Waals surface area contributed by atoms with Gasteiger partial charge in [-0.2, -0.15) is 0 Å². The zero-order chi connectivity index (χ0) is 60.6. The van der Waals surface area contributed by atoms with Gasteiger partial charge in [-0.1, -0.05) is 278 Å². The van der Waals surface area contributed by atoms with Crippen LogP contribution in [0.25, 0.3) is 104 Å². The molecule has 2 aromatic heterocycles. The maximum absolute atomic E-state index is 2.63. The van der Waals surface area contributed by atoms with E-state index in [1.165, 1.54) is 132 Å². The first kappa shape index (κ1) is 53.6. The van der Waals surface area contributed by atoms with Crippen LogP contribution in [0.3, 0.4) is 0 Å². The van der Waals surface area contributed by atoms with Gasteiger partial charge in [-0.3, -0.25) is 0 Å². The molecule has 0 amide bonds. The molecule has 0 saturated carbocycles. The molecule has 0 atom stereocenters. The predicted molar refractivity (Wildman–Crippen MR) is 387 cm³/mol. The van der Waals surface area contributed by atoms with Crippen LogP contribution in [0.4, 0.5) is 34.1 Å². The summed E-state index contributed by atoms with van der Waals surface area (Å²) in [5.41, 5.74) is 26.1. The van der Waals surface area contributed by atoms with E-state index in [2.05, 4.69) is 347 Å². The number of para-hydroxylation sites is 2. The Morgan fingerprint density at radius 2 is 0.656 bits per heavy atom. The van der Waals surface area contributed by atoms with Crippen LogP contribution >= 0.6 is 0 Å². The first-order chi connectivity index (χ1) is 43.9. The van der Waals surface area contributed by atoms with Crippen molar-refractivity contribution in [2.45, 2.75) is 52.4 Å². The van der Waals surface area contributed by atoms with E-state index < -0.39 is 0 Å². The summed E-state index contributed by atoms with van der Waals surface area (Å²) in [5, 5.41) is 9.72. The fourth-order valence-electron chi connectivity index (χ4n) is 14.9. The van der Waals surface area contributed by atoms with E-state index in [0.29, 0.717) is 0 Å². The highest BCUT2D eigenvalue weighted by atomic mass is 15.2. The lowest BCUT2D eigenvalue weighted by molar-refractivity contribution is 0.569. The average Bonchev–Trinajstić information content (AvgIpc) is 1.18. The summed E-state index contributed by atoms with van der Waals surface area (Å²) in [6.07, 6.45) is 0. The van der Waals surface area contributed by atoms with Gasteiger partial charge in [-0.05, 0) is 159 Å². The SMILES string of the molecule is CC(C)(C)c1cc(-c2cc3c4c(c2)N(c2ccc(-c5ccccc5)cc2)c2cc5c(cc2B4c2cc(-c4ccccc4)ccc2N3c2ccc(-c3ccccc3)cc2)c2ccccc2c2ccccc2c2cccc3c4ccccc4n5c23)cc(C(C)(C)C)c1. The topological polar surface area (TPSA) is 10.9 Å². The number of benzene rings is 13. The van der Waals surface area contributed by atoms with Crippen LogP contribution in [-0.4, -0.2) is 11.1 Å². The summed E-state index contributed by atoms with van der Waals surface area (Å²) in [7, 11) is 0. The summed E-state index contributed by atoms with van der Waals surface area (Å²) in [5.74, 6) is 0. The second-order valence-corrected chi connectivity index (χ2v) is 26.9. The van der Waals surface area contributed by atoms with Gasteiger partial charge >= 0.3 is 0 Å². The first-order valence-corrected chi connectivity index (χ1v) is 31.8. The molecule has 0 N–H and O–H groups in total. The summed E-state index contributed by atoms with van der Waals surface area (Å²) >= 11 is 0. The van der Waals surface area contributed by atoms with Crippen molar-refractivity contribution >= 4 is 117 Å². The number of anilines is 6. The maximum atomic E-state index is 2.63. The molecule has 3 nitrogen and oxygen atoms in total. The minimum absolute atomic E-state index is 0.0980. The number of hydrogen-bond donors (Lipinski definition) is 0. The van der Waals surface area contributed by atoms with Gasteiger partial charge in [0.25, 0.3) is 6.71 Å². The highest BCUT2D eigenvalue weighted by molar-refractivity contribution is 7.00. The van der Waals surface area contributed by atoms with Crippen molar-refractivity contribution in [3.8, 4) is 44.5 Å². The zero-order valence-electron chi connectivity index (χ0n) is 51.6. The third-order valence-electron chi connectivity index (χ3n) is 19.4. The Balaban J connectivity index is 1.06. The van der Waals surface area contributed by atoms with Gasteiger partial charge < -0.3 is 14.2 Å². The molecule has 4 heterocycles. The molecule has 0 radical (unpaired) electrons. The van der Waals surface area contributed by atoms with Crippen molar-refractivity contribution < 1.29 is 0 Å². The lowest BCUT2D eigenvalue weighted by atomic mass is 9.33. The average molecular weight is 1150 g/mol. The van der Waals surface area contributed by atoms with E-state index in [9.17, 15) is 0 Å². The maximum Gasteiger partial charge on any atom is 0.252 e. The van der Waals surface area contributed by atoms with Crippen molar-refractivity contribution in [2.75, 3.05) is 9.80 Å². The fraction of sp³-hybridized carbons (Fsp3) is 0.0930. The second kappa shape index (κ2) is 20.5. The third-order valence-corrected chi connectivity index (χ3v) is 19.4. The van der Waals surface area contributed by atoms with Crippen LogP contribution < -0.4 is 26.2 Å². The monoisotopic (exact) mass is 1150 g/mol. The largest absolute Gasteiger partial charge is 0.311 e. The molecule has 0 unspecified atom stereocenters. The highest BCUT2D eigenvalue weighted by Gasteiger charge is 2.44. The summed E-state index contributed by atoms with van der Waals surface area (Å²) < 4.78 is 2.61. The van der Waals surface area contributed by atoms with Crippen LogP contribution in [-0.2, 0) is 10.8 Å². The van der Waals surface area contributed by atoms with E-state index in [4.69, 9.17) is 0 Å². The van der Waals surface area contributed by atoms with Crippen LogP contribution in [0.5, 0.6) is 0 Å². The third kappa shape index (κ3) is 8.57. The van der Waals surface area contributed by atoms with Crippen molar-refractivity contribution in [1.82, 2.24) is 4.40 Å². The van der Waals surface area contributed by atoms with Crippen LogP contribution in [0.15, 0.2) is 291 Å². The Morgan fingerprint density at radius 3 is 1.19 bits per heavy atom. The lowest BCUT2D eigenvalue weighted by Gasteiger charge is -2.45. The molecule has 17 rings (SSSR count). The summed E-state index contributed by atoms with van der Waals surface area (Å²) in [4.78, 5) is 5.22. The Hall–Kier alpha value is -10.7. The number of hydrogen-bond acceptors (Lipinski definition) is 2. The normalized spacial score (nSPS) is 12.9. The van der Waals surface area contributed by atoms with E-state index in [1.807, 2.05) is 0 Å². The predicted octanol–water partition coefficient (Wildman–Crippen LogP) is 21.6. The molecule has 0 saturated heterocycles. The number of rotatable bonds is 6. The molecule has 4 heteroatoms. The van der Waals surface area contributed by atoms with Crippen LogP contribution in [0.2, 0.25) is 0 Å². The quantitative estimate of drug-likeness (QED) is 0.154. The van der Waals surface area contributed by atoms with Crippen LogP contribution in [0.1, 0.15) is 52.7 Å². The van der Waals surface area contributed by atoms with Crippen LogP contribution in [0, 0.1) is 0 Å². The Bertz CT molecular complexity index is 5390. The molecular formula is C86H66BN3. The molecule has 0 aliphatic carbocycles. The fourth-order valence-corrected chi connectivity index (χ4v) is 14.9. The molecule has 0 spiro atoms. The van der Waals surface area contributed by atoms with E-state index in [1.54, 1.807) is 0 Å². The molecular weight excluding hydrogens is 1090 g/mol. The van der Waals surface area contributed by atoms with Gasteiger partial charge in [0.15, 0.2) is 0 Å². The smallest absolute Gasteiger partial charge is 0.252 e. The molecule has 13 aromatic carbocycles. The van der Waals surface area contributed by atoms with E-state index in [-0.39, 0.29) is 17.5 Å². The molecule has 2 aliphatic heterocycles. The van der Waals surface area contributed by atoms with Gasteiger partial charge in [-0.25, -0.2) is 0 Å². The Labute approximate surface area is 527 Å². The molecule has 15 aromatic rings. The van der Waals surface area contributed by atoms with Gasteiger partial charge in [0.1, 0.15) is 0 Å². The minimum Gasteiger partial charge on any atom is -0.311 e. The van der Waals surface area contributed by atoms with Gasteiger partial charge in [0, 0.05) is 55.7 Å². The first-order valence-electron chi connectivity index (χ1n) is 31.8. The summed E-state index contributed by atoms with van der Waals surface area (Å²) in [6.45, 7) is 13.9. The number of nitrogens with zero attached hydrogens (tertiary/aromatic N) is 3. The van der Waals surface area contributed by atoms with Gasteiger partial charge in [-0.15, -0.1) is 0 Å². The standard InChI is InChI=1S/C86H66BN3/c1-85(2,3)63-47-61(48-64(52-63)86(4,5)6)62-50-81-83-82(51-62)89(66-44-39-59(40-45-66)56-25-12-8-13-26-56)80-54-79-74(70-32-19-17-30-68(70)67-29-16-18-31-69(67)72-34-22-35-73-71-33-20-21-36-77(71)90(79)84(72)73)53-76(80)87(83)75-49-60(57-27-14-9-15-28-57)41-46-78(75)88(81)65-42-37-58(38-43-65)55-23-10-7-11-24-55/h7-54H,1-6H3. The van der Waals surface area contributed by atoms with Crippen molar-refractivity contribution in [3.05, 3.63) is 302 Å².